The van der Waals surface area contributed by atoms with Crippen LogP contribution in [0, 0.1) is 31.0 Å². The number of aryl methyl sites for hydroxylation is 2. The highest BCUT2D eigenvalue weighted by atomic mass is 79.9. The lowest BCUT2D eigenvalue weighted by atomic mass is 10.0. The number of anilines is 1. The molecule has 0 aliphatic carbocycles. The highest BCUT2D eigenvalue weighted by molar-refractivity contribution is 9.10. The molecule has 0 bridgehead atoms. The molecule has 3 rings (SSSR count). The van der Waals surface area contributed by atoms with Crippen molar-refractivity contribution in [1.29, 1.82) is 5.26 Å². The van der Waals surface area contributed by atoms with Crippen LogP contribution in [0.25, 0.3) is 6.08 Å². The van der Waals surface area contributed by atoms with E-state index in [1.54, 1.807) is 25.3 Å². The summed E-state index contributed by atoms with van der Waals surface area (Å²) in [5, 5.41) is 12.4. The molecule has 3 aromatic rings. The molecule has 162 valence electrons. The third kappa shape index (κ3) is 5.63. The predicted octanol–water partition coefficient (Wildman–Crippen LogP) is 6.35. The van der Waals surface area contributed by atoms with Gasteiger partial charge in [0.2, 0.25) is 0 Å². The summed E-state index contributed by atoms with van der Waals surface area (Å²) in [7, 11) is 1.54. The average Bonchev–Trinajstić information content (AvgIpc) is 2.76. The highest BCUT2D eigenvalue weighted by Crippen LogP contribution is 2.32. The molecule has 0 aliphatic heterocycles. The fourth-order valence-electron chi connectivity index (χ4n) is 3.29. The van der Waals surface area contributed by atoms with Gasteiger partial charge in [0.15, 0.2) is 0 Å². The minimum atomic E-state index is -0.486. The summed E-state index contributed by atoms with van der Waals surface area (Å²) in [6.45, 7) is 3.83. The van der Waals surface area contributed by atoms with Gasteiger partial charge in [0, 0.05) is 22.1 Å². The minimum absolute atomic E-state index is 0.0299. The van der Waals surface area contributed by atoms with Crippen LogP contribution < -0.4 is 10.1 Å². The van der Waals surface area contributed by atoms with Crippen LogP contribution in [0.2, 0.25) is 0 Å². The molecule has 1 N–H and O–H groups in total. The van der Waals surface area contributed by atoms with Crippen LogP contribution in [0.15, 0.2) is 64.6 Å². The first-order chi connectivity index (χ1) is 15.3. The van der Waals surface area contributed by atoms with E-state index in [-0.39, 0.29) is 11.4 Å². The van der Waals surface area contributed by atoms with Crippen molar-refractivity contribution in [3.63, 3.8) is 0 Å². The molecule has 0 radical (unpaired) electrons. The molecule has 0 atom stereocenters. The smallest absolute Gasteiger partial charge is 0.266 e. The van der Waals surface area contributed by atoms with Crippen LogP contribution in [0.4, 0.5) is 10.1 Å². The topological polar surface area (TPSA) is 62.1 Å². The van der Waals surface area contributed by atoms with E-state index < -0.39 is 5.91 Å². The predicted molar refractivity (Wildman–Crippen MR) is 128 cm³/mol. The second-order valence-corrected chi connectivity index (χ2v) is 8.29. The molecule has 0 saturated carbocycles. The summed E-state index contributed by atoms with van der Waals surface area (Å²) in [5.41, 5.74) is 4.83. The Bertz CT molecular complexity index is 1250. The van der Waals surface area contributed by atoms with Gasteiger partial charge in [-0.1, -0.05) is 40.2 Å². The quantitative estimate of drug-likeness (QED) is 0.322. The number of methoxy groups -OCH3 is 1. The normalized spacial score (nSPS) is 11.1. The number of rotatable bonds is 6. The molecule has 6 heteroatoms. The molecular weight excluding hydrogens is 471 g/mol. The van der Waals surface area contributed by atoms with Crippen molar-refractivity contribution >= 4 is 33.6 Å². The van der Waals surface area contributed by atoms with Crippen molar-refractivity contribution in [3.8, 4) is 11.8 Å². The van der Waals surface area contributed by atoms with Gasteiger partial charge >= 0.3 is 0 Å². The van der Waals surface area contributed by atoms with Gasteiger partial charge in [-0.15, -0.1) is 0 Å². The van der Waals surface area contributed by atoms with E-state index in [4.69, 9.17) is 4.74 Å². The second-order valence-electron chi connectivity index (χ2n) is 7.43. The van der Waals surface area contributed by atoms with E-state index in [2.05, 4.69) is 21.2 Å². The number of amides is 1. The number of hydrogen-bond donors (Lipinski definition) is 1. The Kier molecular flexibility index (Phi) is 7.45. The molecule has 0 unspecified atom stereocenters. The van der Waals surface area contributed by atoms with Gasteiger partial charge in [0.25, 0.3) is 5.91 Å². The molecule has 0 fully saturated rings. The van der Waals surface area contributed by atoms with E-state index >= 15 is 0 Å². The van der Waals surface area contributed by atoms with Crippen LogP contribution in [0.1, 0.15) is 27.8 Å². The van der Waals surface area contributed by atoms with Gasteiger partial charge < -0.3 is 10.1 Å². The summed E-state index contributed by atoms with van der Waals surface area (Å²) >= 11 is 3.55. The number of benzene rings is 3. The Labute approximate surface area is 195 Å². The number of carbonyl (C=O) groups is 1. The van der Waals surface area contributed by atoms with Crippen LogP contribution in [0.5, 0.6) is 5.75 Å². The fourth-order valence-corrected chi connectivity index (χ4v) is 3.89. The monoisotopic (exact) mass is 492 g/mol. The second kappa shape index (κ2) is 10.3. The van der Waals surface area contributed by atoms with Crippen molar-refractivity contribution < 1.29 is 13.9 Å². The number of nitrogens with one attached hydrogen (secondary N) is 1. The van der Waals surface area contributed by atoms with Gasteiger partial charge in [0.05, 0.1) is 7.11 Å². The number of ether oxygens (including phenoxy) is 1. The van der Waals surface area contributed by atoms with Gasteiger partial charge in [-0.2, -0.15) is 5.26 Å². The Morgan fingerprint density at radius 3 is 2.66 bits per heavy atom. The Balaban J connectivity index is 1.90. The fraction of sp³-hybridized carbons (Fsp3) is 0.154. The van der Waals surface area contributed by atoms with Crippen molar-refractivity contribution in [2.75, 3.05) is 12.4 Å². The maximum Gasteiger partial charge on any atom is 0.266 e. The third-order valence-corrected chi connectivity index (χ3v) is 5.69. The van der Waals surface area contributed by atoms with Gasteiger partial charge in [-0.05, 0) is 72.5 Å². The van der Waals surface area contributed by atoms with Crippen molar-refractivity contribution in [3.05, 3.63) is 98.3 Å². The summed E-state index contributed by atoms with van der Waals surface area (Å²) in [5.74, 6) is -0.215. The lowest BCUT2D eigenvalue weighted by molar-refractivity contribution is -0.112. The maximum atomic E-state index is 13.6. The van der Waals surface area contributed by atoms with Gasteiger partial charge in [0.1, 0.15) is 23.2 Å². The number of nitriles is 1. The number of hydrogen-bond acceptors (Lipinski definition) is 3. The first-order valence-corrected chi connectivity index (χ1v) is 10.7. The van der Waals surface area contributed by atoms with E-state index in [0.29, 0.717) is 23.4 Å². The number of nitrogens with zero attached hydrogens (tertiary/aromatic N) is 1. The summed E-state index contributed by atoms with van der Waals surface area (Å²) < 4.78 is 19.8. The number of carbonyl (C=O) groups excluding carboxylic acids is 1. The van der Waals surface area contributed by atoms with Gasteiger partial charge in [-0.3, -0.25) is 4.79 Å². The molecule has 1 amide bonds. The largest absolute Gasteiger partial charge is 0.496 e. The average molecular weight is 493 g/mol. The van der Waals surface area contributed by atoms with Crippen LogP contribution in [0.3, 0.4) is 0 Å². The van der Waals surface area contributed by atoms with Crippen molar-refractivity contribution in [2.45, 2.75) is 20.3 Å². The van der Waals surface area contributed by atoms with Crippen LogP contribution in [-0.2, 0) is 11.2 Å². The zero-order valence-electron chi connectivity index (χ0n) is 18.0. The molecule has 32 heavy (non-hydrogen) atoms. The van der Waals surface area contributed by atoms with E-state index in [9.17, 15) is 14.4 Å². The van der Waals surface area contributed by atoms with E-state index in [1.807, 2.05) is 44.2 Å². The molecule has 0 saturated heterocycles. The SMILES string of the molecule is COc1cc(/C=C(\C#N)C(=O)Nc2cc(C)ccc2C)cc(Br)c1Cc1cccc(F)c1. The number of halogens is 2. The summed E-state index contributed by atoms with van der Waals surface area (Å²) in [6.07, 6.45) is 1.98. The minimum Gasteiger partial charge on any atom is -0.496 e. The van der Waals surface area contributed by atoms with Gasteiger partial charge in [-0.25, -0.2) is 4.39 Å². The molecule has 0 aliphatic rings. The maximum absolute atomic E-state index is 13.6. The lowest BCUT2D eigenvalue weighted by Gasteiger charge is -2.13. The highest BCUT2D eigenvalue weighted by Gasteiger charge is 2.14. The first-order valence-electron chi connectivity index (χ1n) is 9.92. The Morgan fingerprint density at radius 2 is 1.97 bits per heavy atom. The van der Waals surface area contributed by atoms with E-state index in [0.717, 1.165) is 26.7 Å². The zero-order chi connectivity index (χ0) is 23.3. The van der Waals surface area contributed by atoms with Crippen LogP contribution >= 0.6 is 15.9 Å². The Morgan fingerprint density at radius 1 is 1.19 bits per heavy atom. The molecule has 3 aromatic carbocycles. The molecule has 0 aromatic heterocycles. The standard InChI is InChI=1S/C26H22BrFN2O2/c1-16-7-8-17(2)24(9-16)30-26(31)20(15-29)10-19-13-23(27)22(25(14-19)32-3)12-18-5-4-6-21(28)11-18/h4-11,13-14H,12H2,1-3H3,(H,30,31)/b20-10+. The Hall–Kier alpha value is -3.43. The lowest BCUT2D eigenvalue weighted by Crippen LogP contribution is -2.14. The molecule has 4 nitrogen and oxygen atoms in total. The zero-order valence-corrected chi connectivity index (χ0v) is 19.6. The van der Waals surface area contributed by atoms with Crippen molar-refractivity contribution in [1.82, 2.24) is 0 Å². The van der Waals surface area contributed by atoms with E-state index in [1.165, 1.54) is 18.2 Å². The third-order valence-electron chi connectivity index (χ3n) is 4.98. The molecule has 0 heterocycles. The molecule has 0 spiro atoms. The first kappa shape index (κ1) is 23.2. The van der Waals surface area contributed by atoms with Crippen LogP contribution in [-0.4, -0.2) is 13.0 Å². The summed E-state index contributed by atoms with van der Waals surface area (Å²) in [4.78, 5) is 12.7. The molecular formula is C26H22BrFN2O2. The summed E-state index contributed by atoms with van der Waals surface area (Å²) in [6, 6.07) is 17.7. The van der Waals surface area contributed by atoms with Crippen molar-refractivity contribution in [2.24, 2.45) is 0 Å².